The molecule has 78 valence electrons. The summed E-state index contributed by atoms with van der Waals surface area (Å²) in [4.78, 5) is 23.1. The fraction of sp³-hybridized carbons (Fsp3) is 0.273. The summed E-state index contributed by atoms with van der Waals surface area (Å²) in [5, 5.41) is -0.376. The van der Waals surface area contributed by atoms with E-state index in [1.54, 1.807) is 0 Å². The smallest absolute Gasteiger partial charge is 0.327 e. The lowest BCUT2D eigenvalue weighted by Crippen LogP contribution is -2.08. The lowest BCUT2D eigenvalue weighted by molar-refractivity contribution is -0.151. The number of hydrogen-bond acceptors (Lipinski definition) is 4. The quantitative estimate of drug-likeness (QED) is 0.566. The van der Waals surface area contributed by atoms with E-state index in [0.717, 1.165) is 10.5 Å². The van der Waals surface area contributed by atoms with Crippen LogP contribution in [0.3, 0.4) is 0 Å². The highest BCUT2D eigenvalue weighted by Crippen LogP contribution is 2.30. The van der Waals surface area contributed by atoms with Crippen LogP contribution in [0, 0.1) is 6.92 Å². The molecule has 0 amide bonds. The van der Waals surface area contributed by atoms with Crippen LogP contribution in [0.25, 0.3) is 0 Å². The Morgan fingerprint density at radius 2 is 2.20 bits per heavy atom. The van der Waals surface area contributed by atoms with E-state index in [0.29, 0.717) is 0 Å². The summed E-state index contributed by atoms with van der Waals surface area (Å²) >= 11 is 1.38. The molecule has 1 atom stereocenters. The van der Waals surface area contributed by atoms with Crippen molar-refractivity contribution in [1.82, 2.24) is 0 Å². The van der Waals surface area contributed by atoms with Gasteiger partial charge in [0.2, 0.25) is 0 Å². The van der Waals surface area contributed by atoms with Crippen molar-refractivity contribution in [2.24, 2.45) is 0 Å². The number of esters is 2. The van der Waals surface area contributed by atoms with Crippen LogP contribution in [0.4, 0.5) is 0 Å². The maximum atomic E-state index is 11.2. The Hall–Kier alpha value is -1.29. The topological polar surface area (TPSA) is 43.4 Å². The third kappa shape index (κ3) is 2.39. The number of cyclic esters (lactones) is 2. The minimum Gasteiger partial charge on any atom is -0.392 e. The second-order valence-electron chi connectivity index (χ2n) is 3.42. The van der Waals surface area contributed by atoms with Gasteiger partial charge in [-0.25, -0.2) is 0 Å². The fourth-order valence-corrected chi connectivity index (χ4v) is 2.50. The van der Waals surface area contributed by atoms with Crippen LogP contribution in [0.5, 0.6) is 0 Å². The first-order chi connectivity index (χ1) is 7.15. The van der Waals surface area contributed by atoms with Crippen molar-refractivity contribution in [3.8, 4) is 0 Å². The maximum Gasteiger partial charge on any atom is 0.327 e. The van der Waals surface area contributed by atoms with E-state index in [1.807, 2.05) is 31.2 Å². The Kier molecular flexibility index (Phi) is 2.77. The molecule has 0 N–H and O–H groups in total. The normalized spacial score (nSPS) is 20.5. The van der Waals surface area contributed by atoms with Crippen molar-refractivity contribution in [3.63, 3.8) is 0 Å². The number of ether oxygens (including phenoxy) is 1. The van der Waals surface area contributed by atoms with Gasteiger partial charge in [-0.3, -0.25) is 9.59 Å². The largest absolute Gasteiger partial charge is 0.392 e. The molecule has 1 heterocycles. The zero-order valence-corrected chi connectivity index (χ0v) is 9.04. The highest BCUT2D eigenvalue weighted by atomic mass is 32.2. The Labute approximate surface area is 91.8 Å². The second kappa shape index (κ2) is 4.06. The first-order valence-electron chi connectivity index (χ1n) is 4.63. The molecule has 1 aliphatic rings. The molecule has 0 aromatic heterocycles. The third-order valence-electron chi connectivity index (χ3n) is 2.10. The molecule has 0 radical (unpaired) electrons. The summed E-state index contributed by atoms with van der Waals surface area (Å²) in [7, 11) is 0. The zero-order valence-electron chi connectivity index (χ0n) is 8.23. The van der Waals surface area contributed by atoms with Crippen molar-refractivity contribution >= 4 is 23.7 Å². The molecular weight excluding hydrogens is 212 g/mol. The Morgan fingerprint density at radius 3 is 2.80 bits per heavy atom. The van der Waals surface area contributed by atoms with Crippen molar-refractivity contribution in [1.29, 1.82) is 0 Å². The molecule has 3 nitrogen and oxygen atoms in total. The van der Waals surface area contributed by atoms with Crippen molar-refractivity contribution in [3.05, 3.63) is 29.8 Å². The molecule has 1 fully saturated rings. The molecule has 15 heavy (non-hydrogen) atoms. The van der Waals surface area contributed by atoms with Crippen molar-refractivity contribution in [2.75, 3.05) is 0 Å². The Balaban J connectivity index is 2.09. The van der Waals surface area contributed by atoms with Gasteiger partial charge in [-0.05, 0) is 19.1 Å². The van der Waals surface area contributed by atoms with Gasteiger partial charge in [0.05, 0.1) is 6.42 Å². The summed E-state index contributed by atoms with van der Waals surface area (Å²) < 4.78 is 4.48. The molecule has 0 aliphatic carbocycles. The molecule has 1 saturated heterocycles. The molecule has 1 aromatic rings. The SMILES string of the molecule is Cc1cccc(SC2CC(=O)OC2=O)c1. The average Bonchev–Trinajstić information content (AvgIpc) is 2.45. The summed E-state index contributed by atoms with van der Waals surface area (Å²) in [6, 6.07) is 7.83. The van der Waals surface area contributed by atoms with Gasteiger partial charge < -0.3 is 4.74 Å². The van der Waals surface area contributed by atoms with E-state index >= 15 is 0 Å². The summed E-state index contributed by atoms with van der Waals surface area (Å²) in [5.41, 5.74) is 1.14. The van der Waals surface area contributed by atoms with E-state index in [4.69, 9.17) is 0 Å². The standard InChI is InChI=1S/C11H10O3S/c1-7-3-2-4-8(5-7)15-9-6-10(12)14-11(9)13/h2-5,9H,6H2,1H3. The number of thioether (sulfide) groups is 1. The zero-order chi connectivity index (χ0) is 10.8. The van der Waals surface area contributed by atoms with Crippen LogP contribution < -0.4 is 0 Å². The first kappa shape index (κ1) is 10.2. The maximum absolute atomic E-state index is 11.2. The molecule has 1 unspecified atom stereocenters. The average molecular weight is 222 g/mol. The van der Waals surface area contributed by atoms with E-state index in [-0.39, 0.29) is 11.7 Å². The predicted octanol–water partition coefficient (Wildman–Crippen LogP) is 1.93. The number of benzene rings is 1. The number of hydrogen-bond donors (Lipinski definition) is 0. The number of carbonyl (C=O) groups is 2. The molecule has 0 spiro atoms. The first-order valence-corrected chi connectivity index (χ1v) is 5.51. The Morgan fingerprint density at radius 1 is 1.40 bits per heavy atom. The van der Waals surface area contributed by atoms with Gasteiger partial charge in [0.1, 0.15) is 5.25 Å². The summed E-state index contributed by atoms with van der Waals surface area (Å²) in [5.74, 6) is -0.850. The highest BCUT2D eigenvalue weighted by Gasteiger charge is 2.34. The van der Waals surface area contributed by atoms with Gasteiger partial charge in [-0.15, -0.1) is 11.8 Å². The van der Waals surface area contributed by atoms with E-state index in [9.17, 15) is 9.59 Å². The monoisotopic (exact) mass is 222 g/mol. The predicted molar refractivity (Wildman–Crippen MR) is 56.5 cm³/mol. The number of carbonyl (C=O) groups excluding carboxylic acids is 2. The molecule has 1 aromatic carbocycles. The van der Waals surface area contributed by atoms with Gasteiger partial charge in [-0.1, -0.05) is 17.7 Å². The van der Waals surface area contributed by atoms with E-state index < -0.39 is 11.9 Å². The van der Waals surface area contributed by atoms with Crippen molar-refractivity contribution < 1.29 is 14.3 Å². The number of aryl methyl sites for hydroxylation is 1. The second-order valence-corrected chi connectivity index (χ2v) is 4.70. The molecule has 4 heteroatoms. The summed E-state index contributed by atoms with van der Waals surface area (Å²) in [6.45, 7) is 1.99. The van der Waals surface area contributed by atoms with Crippen LogP contribution in [-0.4, -0.2) is 17.2 Å². The van der Waals surface area contributed by atoms with Crippen LogP contribution in [-0.2, 0) is 14.3 Å². The fourth-order valence-electron chi connectivity index (χ4n) is 1.40. The number of rotatable bonds is 2. The minimum absolute atomic E-state index is 0.178. The van der Waals surface area contributed by atoms with Gasteiger partial charge in [0.15, 0.2) is 0 Å². The van der Waals surface area contributed by atoms with Crippen LogP contribution >= 0.6 is 11.8 Å². The molecule has 0 bridgehead atoms. The van der Waals surface area contributed by atoms with E-state index in [2.05, 4.69) is 4.74 Å². The third-order valence-corrected chi connectivity index (χ3v) is 3.27. The molecule has 2 rings (SSSR count). The van der Waals surface area contributed by atoms with E-state index in [1.165, 1.54) is 11.8 Å². The van der Waals surface area contributed by atoms with Crippen LogP contribution in [0.1, 0.15) is 12.0 Å². The minimum atomic E-state index is -0.426. The lowest BCUT2D eigenvalue weighted by Gasteiger charge is -2.04. The van der Waals surface area contributed by atoms with Gasteiger partial charge in [0, 0.05) is 4.90 Å². The Bertz CT molecular complexity index is 414. The van der Waals surface area contributed by atoms with Gasteiger partial charge in [0.25, 0.3) is 0 Å². The molecule has 0 saturated carbocycles. The lowest BCUT2D eigenvalue weighted by atomic mass is 10.2. The van der Waals surface area contributed by atoms with Crippen molar-refractivity contribution in [2.45, 2.75) is 23.5 Å². The van der Waals surface area contributed by atoms with Gasteiger partial charge in [-0.2, -0.15) is 0 Å². The van der Waals surface area contributed by atoms with Gasteiger partial charge >= 0.3 is 11.9 Å². The van der Waals surface area contributed by atoms with Crippen LogP contribution in [0.2, 0.25) is 0 Å². The molecule has 1 aliphatic heterocycles. The summed E-state index contributed by atoms with van der Waals surface area (Å²) in [6.07, 6.45) is 0.178. The van der Waals surface area contributed by atoms with Crippen LogP contribution in [0.15, 0.2) is 29.2 Å². The highest BCUT2D eigenvalue weighted by molar-refractivity contribution is 8.00. The molecular formula is C11H10O3S.